The van der Waals surface area contributed by atoms with Gasteiger partial charge in [0, 0.05) is 19.1 Å². The van der Waals surface area contributed by atoms with Crippen molar-refractivity contribution in [2.24, 2.45) is 23.5 Å². The Morgan fingerprint density at radius 2 is 1.59 bits per heavy atom. The molecule has 2 N–H and O–H groups in total. The van der Waals surface area contributed by atoms with Crippen LogP contribution in [0.1, 0.15) is 47.0 Å². The summed E-state index contributed by atoms with van der Waals surface area (Å²) in [6.45, 7) is 10.6. The fourth-order valence-electron chi connectivity index (χ4n) is 1.89. The average Bonchev–Trinajstić information content (AvgIpc) is 2.94. The predicted octanol–water partition coefficient (Wildman–Crippen LogP) is 2.25. The number of hydrogen-bond acceptors (Lipinski definition) is 2. The molecule has 0 saturated heterocycles. The predicted molar refractivity (Wildman–Crippen MR) is 71.6 cm³/mol. The van der Waals surface area contributed by atoms with E-state index in [2.05, 4.69) is 27.7 Å². The van der Waals surface area contributed by atoms with E-state index in [1.807, 2.05) is 4.90 Å². The average molecular weight is 240 g/mol. The van der Waals surface area contributed by atoms with Crippen molar-refractivity contribution in [2.75, 3.05) is 13.1 Å². The lowest BCUT2D eigenvalue weighted by molar-refractivity contribution is -0.133. The molecule has 0 aromatic heterocycles. The molecule has 2 atom stereocenters. The summed E-state index contributed by atoms with van der Waals surface area (Å²) >= 11 is 0. The lowest BCUT2D eigenvalue weighted by Crippen LogP contribution is -2.36. The van der Waals surface area contributed by atoms with Gasteiger partial charge in [-0.3, -0.25) is 4.79 Å². The second kappa shape index (κ2) is 6.39. The monoisotopic (exact) mass is 240 g/mol. The van der Waals surface area contributed by atoms with Crippen molar-refractivity contribution in [3.8, 4) is 0 Å². The lowest BCUT2D eigenvalue weighted by atomic mass is 10.1. The summed E-state index contributed by atoms with van der Waals surface area (Å²) in [6, 6.07) is 0.128. The van der Waals surface area contributed by atoms with Crippen LogP contribution in [0.2, 0.25) is 0 Å². The molecule has 0 aliphatic heterocycles. The first-order valence-corrected chi connectivity index (χ1v) is 6.96. The number of carbonyl (C=O) groups excluding carboxylic acids is 1. The molecule has 1 rings (SSSR count). The molecule has 0 radical (unpaired) electrons. The second-order valence-electron chi connectivity index (χ2n) is 6.20. The first kappa shape index (κ1) is 14.5. The number of rotatable bonds is 7. The molecule has 3 heteroatoms. The number of hydrogen-bond donors (Lipinski definition) is 1. The lowest BCUT2D eigenvalue weighted by Gasteiger charge is -2.24. The van der Waals surface area contributed by atoms with E-state index in [1.165, 1.54) is 0 Å². The highest BCUT2D eigenvalue weighted by Crippen LogP contribution is 2.30. The Morgan fingerprint density at radius 1 is 1.18 bits per heavy atom. The van der Waals surface area contributed by atoms with Crippen LogP contribution in [-0.2, 0) is 4.79 Å². The van der Waals surface area contributed by atoms with Gasteiger partial charge < -0.3 is 10.6 Å². The van der Waals surface area contributed by atoms with Gasteiger partial charge in [0.05, 0.1) is 5.92 Å². The van der Waals surface area contributed by atoms with Gasteiger partial charge in [0.1, 0.15) is 0 Å². The van der Waals surface area contributed by atoms with Crippen LogP contribution in [0, 0.1) is 17.8 Å². The number of nitrogens with zero attached hydrogens (tertiary/aromatic N) is 1. The number of amides is 1. The van der Waals surface area contributed by atoms with Gasteiger partial charge in [-0.2, -0.15) is 0 Å². The van der Waals surface area contributed by atoms with Crippen LogP contribution in [0.25, 0.3) is 0 Å². The molecule has 2 unspecified atom stereocenters. The van der Waals surface area contributed by atoms with Crippen molar-refractivity contribution in [1.82, 2.24) is 4.90 Å². The molecular weight excluding hydrogens is 212 g/mol. The Kier molecular flexibility index (Phi) is 5.44. The van der Waals surface area contributed by atoms with Gasteiger partial charge in [-0.05, 0) is 31.1 Å². The molecule has 17 heavy (non-hydrogen) atoms. The zero-order chi connectivity index (χ0) is 13.0. The highest BCUT2D eigenvalue weighted by Gasteiger charge is 2.42. The van der Waals surface area contributed by atoms with Crippen molar-refractivity contribution in [2.45, 2.75) is 53.0 Å². The third-order valence-electron chi connectivity index (χ3n) is 3.42. The molecule has 100 valence electrons. The summed E-state index contributed by atoms with van der Waals surface area (Å²) in [7, 11) is 0. The van der Waals surface area contributed by atoms with E-state index in [9.17, 15) is 4.79 Å². The van der Waals surface area contributed by atoms with Crippen LogP contribution in [0.4, 0.5) is 0 Å². The molecule has 1 fully saturated rings. The maximum atomic E-state index is 12.2. The molecule has 0 spiro atoms. The highest BCUT2D eigenvalue weighted by molar-refractivity contribution is 5.82. The Hall–Kier alpha value is -0.570. The summed E-state index contributed by atoms with van der Waals surface area (Å²) in [5, 5.41) is 0. The highest BCUT2D eigenvalue weighted by atomic mass is 16.2. The summed E-state index contributed by atoms with van der Waals surface area (Å²) in [4.78, 5) is 14.2. The second-order valence-corrected chi connectivity index (χ2v) is 6.20. The number of carbonyl (C=O) groups is 1. The molecule has 0 heterocycles. The van der Waals surface area contributed by atoms with Gasteiger partial charge in [-0.15, -0.1) is 0 Å². The Bertz CT molecular complexity index is 239. The standard InChI is InChI=1S/C14H28N2O/c1-10(2)5-7-16(8-6-11(3)4)14(17)12-9-13(12)15/h10-13H,5-9,15H2,1-4H3. The molecule has 3 nitrogen and oxygen atoms in total. The van der Waals surface area contributed by atoms with Gasteiger partial charge in [0.2, 0.25) is 5.91 Å². The van der Waals surface area contributed by atoms with E-state index in [1.54, 1.807) is 0 Å². The normalized spacial score (nSPS) is 23.2. The van der Waals surface area contributed by atoms with E-state index in [-0.39, 0.29) is 12.0 Å². The van der Waals surface area contributed by atoms with Gasteiger partial charge in [0.25, 0.3) is 0 Å². The van der Waals surface area contributed by atoms with Crippen molar-refractivity contribution in [3.05, 3.63) is 0 Å². The van der Waals surface area contributed by atoms with Crippen LogP contribution in [-0.4, -0.2) is 29.9 Å². The maximum absolute atomic E-state index is 12.2. The van der Waals surface area contributed by atoms with E-state index < -0.39 is 0 Å². The smallest absolute Gasteiger partial charge is 0.227 e. The van der Waals surface area contributed by atoms with E-state index >= 15 is 0 Å². The van der Waals surface area contributed by atoms with Crippen LogP contribution in [0.5, 0.6) is 0 Å². The molecular formula is C14H28N2O. The quantitative estimate of drug-likeness (QED) is 0.742. The van der Waals surface area contributed by atoms with Gasteiger partial charge in [-0.25, -0.2) is 0 Å². The molecule has 0 aromatic carbocycles. The minimum Gasteiger partial charge on any atom is -0.342 e. The summed E-state index contributed by atoms with van der Waals surface area (Å²) in [6.07, 6.45) is 3.07. The van der Waals surface area contributed by atoms with Crippen molar-refractivity contribution >= 4 is 5.91 Å². The van der Waals surface area contributed by atoms with Crippen molar-refractivity contribution in [3.63, 3.8) is 0 Å². The van der Waals surface area contributed by atoms with Crippen LogP contribution < -0.4 is 5.73 Å². The fourth-order valence-corrected chi connectivity index (χ4v) is 1.89. The maximum Gasteiger partial charge on any atom is 0.227 e. The van der Waals surface area contributed by atoms with Gasteiger partial charge >= 0.3 is 0 Å². The number of nitrogens with two attached hydrogens (primary N) is 1. The van der Waals surface area contributed by atoms with Crippen LogP contribution in [0.3, 0.4) is 0 Å². The third-order valence-corrected chi connectivity index (χ3v) is 3.42. The minimum atomic E-state index is 0.120. The van der Waals surface area contributed by atoms with E-state index in [4.69, 9.17) is 5.73 Å². The first-order valence-electron chi connectivity index (χ1n) is 6.96. The molecule has 1 aliphatic rings. The third kappa shape index (κ3) is 5.07. The molecule has 1 saturated carbocycles. The van der Waals surface area contributed by atoms with Gasteiger partial charge in [-0.1, -0.05) is 27.7 Å². The van der Waals surface area contributed by atoms with Crippen LogP contribution in [0.15, 0.2) is 0 Å². The summed E-state index contributed by atoms with van der Waals surface area (Å²) < 4.78 is 0. The summed E-state index contributed by atoms with van der Waals surface area (Å²) in [5.74, 6) is 1.71. The van der Waals surface area contributed by atoms with E-state index in [0.717, 1.165) is 32.4 Å². The largest absolute Gasteiger partial charge is 0.342 e. The fraction of sp³-hybridized carbons (Fsp3) is 0.929. The van der Waals surface area contributed by atoms with Crippen molar-refractivity contribution < 1.29 is 4.79 Å². The minimum absolute atomic E-state index is 0.120. The topological polar surface area (TPSA) is 46.3 Å². The zero-order valence-electron chi connectivity index (χ0n) is 11.8. The SMILES string of the molecule is CC(C)CCN(CCC(C)C)C(=O)C1CC1N. The zero-order valence-corrected chi connectivity index (χ0v) is 11.8. The summed E-state index contributed by atoms with van der Waals surface area (Å²) in [5.41, 5.74) is 5.77. The first-order chi connectivity index (χ1) is 7.91. The Labute approximate surface area is 106 Å². The Balaban J connectivity index is 2.42. The molecule has 1 aliphatic carbocycles. The van der Waals surface area contributed by atoms with E-state index in [0.29, 0.717) is 17.7 Å². The molecule has 0 bridgehead atoms. The van der Waals surface area contributed by atoms with Crippen LogP contribution >= 0.6 is 0 Å². The van der Waals surface area contributed by atoms with Gasteiger partial charge in [0.15, 0.2) is 0 Å². The van der Waals surface area contributed by atoms with Crippen molar-refractivity contribution in [1.29, 1.82) is 0 Å². The molecule has 0 aromatic rings. The Morgan fingerprint density at radius 3 is 1.88 bits per heavy atom. The molecule has 1 amide bonds.